The van der Waals surface area contributed by atoms with E-state index < -0.39 is 6.03 Å². The normalized spacial score (nSPS) is 23.8. The van der Waals surface area contributed by atoms with Gasteiger partial charge < -0.3 is 24.8 Å². The first kappa shape index (κ1) is 20.9. The minimum Gasteiger partial charge on any atom is -0.493 e. The summed E-state index contributed by atoms with van der Waals surface area (Å²) in [5.74, 6) is 0.189. The Morgan fingerprint density at radius 1 is 1.17 bits per heavy atom. The van der Waals surface area contributed by atoms with Gasteiger partial charge in [-0.25, -0.2) is 4.79 Å². The lowest BCUT2D eigenvalue weighted by atomic mass is 9.76. The van der Waals surface area contributed by atoms with Crippen molar-refractivity contribution in [3.63, 3.8) is 0 Å². The number of urea groups is 1. The highest BCUT2D eigenvalue weighted by molar-refractivity contribution is 5.99. The van der Waals surface area contributed by atoms with Crippen molar-refractivity contribution >= 4 is 23.5 Å². The molecule has 9 heteroatoms. The Morgan fingerprint density at radius 2 is 1.93 bits per heavy atom. The molecule has 0 spiro atoms. The van der Waals surface area contributed by atoms with E-state index in [4.69, 9.17) is 14.2 Å². The summed E-state index contributed by atoms with van der Waals surface area (Å²) in [5, 5.41) is 5.78. The fourth-order valence-corrected chi connectivity index (χ4v) is 3.95. The molecule has 3 unspecified atom stereocenters. The fourth-order valence-electron chi connectivity index (χ4n) is 3.95. The molecule has 3 rings (SSSR count). The second-order valence-corrected chi connectivity index (χ2v) is 7.21. The van der Waals surface area contributed by atoms with Crippen LogP contribution in [0.4, 0.5) is 10.5 Å². The number of nitrogens with one attached hydrogen (secondary N) is 2. The van der Waals surface area contributed by atoms with E-state index >= 15 is 0 Å². The van der Waals surface area contributed by atoms with Crippen molar-refractivity contribution in [1.82, 2.24) is 10.2 Å². The summed E-state index contributed by atoms with van der Waals surface area (Å²) in [6, 6.07) is 4.41. The summed E-state index contributed by atoms with van der Waals surface area (Å²) < 4.78 is 15.4. The van der Waals surface area contributed by atoms with E-state index in [9.17, 15) is 14.4 Å². The molecule has 29 heavy (non-hydrogen) atoms. The molecule has 1 aromatic rings. The first-order valence-corrected chi connectivity index (χ1v) is 9.62. The first-order chi connectivity index (χ1) is 14.0. The first-order valence-electron chi connectivity index (χ1n) is 9.62. The summed E-state index contributed by atoms with van der Waals surface area (Å²) in [5.41, 5.74) is 0.601. The highest BCUT2D eigenvalue weighted by atomic mass is 16.5. The molecule has 1 aromatic carbocycles. The molecular formula is C20H27N3O6. The number of amides is 4. The highest BCUT2D eigenvalue weighted by Crippen LogP contribution is 2.34. The number of hydrogen-bond donors (Lipinski definition) is 2. The van der Waals surface area contributed by atoms with Crippen LogP contribution in [0.15, 0.2) is 18.2 Å². The Balaban J connectivity index is 1.63. The van der Waals surface area contributed by atoms with Crippen LogP contribution in [0, 0.1) is 11.8 Å². The molecule has 1 saturated carbocycles. The van der Waals surface area contributed by atoms with Gasteiger partial charge in [0.05, 0.1) is 33.3 Å². The smallest absolute Gasteiger partial charge is 0.324 e. The standard InChI is InChI=1S/C20H27N3O6/c1-27-9-8-23-19(25)14-6-4-12(10-15(14)22-20(23)26)18(24)21-13-5-7-16(28-2)17(11-13)29-3/h5,7,11-12,14-15H,4,6,8-10H2,1-3H3,(H,21,24)(H,22,26). The Labute approximate surface area is 169 Å². The minimum absolute atomic E-state index is 0.140. The van der Waals surface area contributed by atoms with Gasteiger partial charge in [0.25, 0.3) is 0 Å². The number of hydrogen-bond acceptors (Lipinski definition) is 6. The molecule has 3 atom stereocenters. The van der Waals surface area contributed by atoms with Gasteiger partial charge in [0.15, 0.2) is 11.5 Å². The maximum Gasteiger partial charge on any atom is 0.324 e. The van der Waals surface area contributed by atoms with Gasteiger partial charge in [-0.3, -0.25) is 14.5 Å². The van der Waals surface area contributed by atoms with Crippen molar-refractivity contribution in [3.05, 3.63) is 18.2 Å². The van der Waals surface area contributed by atoms with Gasteiger partial charge in [-0.1, -0.05) is 0 Å². The van der Waals surface area contributed by atoms with E-state index in [0.717, 1.165) is 0 Å². The third kappa shape index (κ3) is 4.45. The SMILES string of the molecule is COCCN1C(=O)NC2CC(C(=O)Nc3ccc(OC)c(OC)c3)CCC2C1=O. The molecule has 2 N–H and O–H groups in total. The average molecular weight is 405 g/mol. The van der Waals surface area contributed by atoms with Crippen LogP contribution in [0.1, 0.15) is 19.3 Å². The number of imide groups is 1. The molecule has 0 aromatic heterocycles. The van der Waals surface area contributed by atoms with E-state index in [-0.39, 0.29) is 36.2 Å². The third-order valence-corrected chi connectivity index (χ3v) is 5.53. The number of rotatable bonds is 7. The number of methoxy groups -OCH3 is 3. The van der Waals surface area contributed by atoms with Gasteiger partial charge in [0.2, 0.25) is 11.8 Å². The minimum atomic E-state index is -0.422. The fraction of sp³-hybridized carbons (Fsp3) is 0.550. The summed E-state index contributed by atoms with van der Waals surface area (Å²) in [6.07, 6.45) is 1.57. The van der Waals surface area contributed by atoms with E-state index in [2.05, 4.69) is 10.6 Å². The molecule has 1 heterocycles. The molecule has 4 amide bonds. The largest absolute Gasteiger partial charge is 0.493 e. The zero-order valence-electron chi connectivity index (χ0n) is 16.9. The molecule has 158 valence electrons. The van der Waals surface area contributed by atoms with Crippen molar-refractivity contribution in [2.75, 3.05) is 39.8 Å². The Hall–Kier alpha value is -2.81. The molecule has 2 fully saturated rings. The van der Waals surface area contributed by atoms with Gasteiger partial charge in [0, 0.05) is 30.8 Å². The quantitative estimate of drug-likeness (QED) is 0.714. The molecule has 0 bridgehead atoms. The van der Waals surface area contributed by atoms with Gasteiger partial charge in [-0.2, -0.15) is 0 Å². The third-order valence-electron chi connectivity index (χ3n) is 5.53. The van der Waals surface area contributed by atoms with E-state index in [1.165, 1.54) is 19.1 Å². The molecule has 0 radical (unpaired) electrons. The molecule has 9 nitrogen and oxygen atoms in total. The number of carbonyl (C=O) groups is 3. The lowest BCUT2D eigenvalue weighted by Gasteiger charge is -2.41. The topological polar surface area (TPSA) is 106 Å². The number of nitrogens with zero attached hydrogens (tertiary/aromatic N) is 1. The zero-order valence-corrected chi connectivity index (χ0v) is 16.9. The molecular weight excluding hydrogens is 378 g/mol. The lowest BCUT2D eigenvalue weighted by molar-refractivity contribution is -0.138. The number of benzene rings is 1. The Kier molecular flexibility index (Phi) is 6.58. The number of ether oxygens (including phenoxy) is 3. The van der Waals surface area contributed by atoms with Crippen molar-refractivity contribution in [2.45, 2.75) is 25.3 Å². The van der Waals surface area contributed by atoms with Crippen LogP contribution < -0.4 is 20.1 Å². The van der Waals surface area contributed by atoms with Gasteiger partial charge in [-0.05, 0) is 31.4 Å². The second-order valence-electron chi connectivity index (χ2n) is 7.21. The molecule has 1 aliphatic carbocycles. The maximum absolute atomic E-state index is 12.8. The average Bonchev–Trinajstić information content (AvgIpc) is 2.73. The summed E-state index contributed by atoms with van der Waals surface area (Å²) in [6.45, 7) is 0.528. The summed E-state index contributed by atoms with van der Waals surface area (Å²) in [4.78, 5) is 38.9. The number of carbonyl (C=O) groups excluding carboxylic acids is 3. The lowest BCUT2D eigenvalue weighted by Crippen LogP contribution is -2.62. The number of fused-ring (bicyclic) bond motifs is 1. The van der Waals surface area contributed by atoms with E-state index in [1.54, 1.807) is 25.3 Å². The predicted molar refractivity (Wildman–Crippen MR) is 105 cm³/mol. The van der Waals surface area contributed by atoms with Gasteiger partial charge >= 0.3 is 6.03 Å². The molecule has 1 aliphatic heterocycles. The summed E-state index contributed by atoms with van der Waals surface area (Å²) in [7, 11) is 4.60. The Morgan fingerprint density at radius 3 is 2.62 bits per heavy atom. The van der Waals surface area contributed by atoms with Gasteiger partial charge in [-0.15, -0.1) is 0 Å². The Bertz CT molecular complexity index is 783. The number of anilines is 1. The van der Waals surface area contributed by atoms with Crippen LogP contribution >= 0.6 is 0 Å². The molecule has 1 saturated heterocycles. The highest BCUT2D eigenvalue weighted by Gasteiger charge is 2.45. The van der Waals surface area contributed by atoms with Crippen molar-refractivity contribution in [3.8, 4) is 11.5 Å². The van der Waals surface area contributed by atoms with Crippen molar-refractivity contribution in [1.29, 1.82) is 0 Å². The zero-order chi connectivity index (χ0) is 21.0. The van der Waals surface area contributed by atoms with Crippen molar-refractivity contribution < 1.29 is 28.6 Å². The van der Waals surface area contributed by atoms with E-state index in [0.29, 0.717) is 43.1 Å². The van der Waals surface area contributed by atoms with Crippen LogP contribution in [0.2, 0.25) is 0 Å². The summed E-state index contributed by atoms with van der Waals surface area (Å²) >= 11 is 0. The van der Waals surface area contributed by atoms with E-state index in [1.807, 2.05) is 0 Å². The second kappa shape index (κ2) is 9.13. The monoisotopic (exact) mass is 405 g/mol. The molecule has 2 aliphatic rings. The maximum atomic E-state index is 12.8. The van der Waals surface area contributed by atoms with Crippen LogP contribution in [0.3, 0.4) is 0 Å². The van der Waals surface area contributed by atoms with Crippen molar-refractivity contribution in [2.24, 2.45) is 11.8 Å². The van der Waals surface area contributed by atoms with Crippen LogP contribution in [0.25, 0.3) is 0 Å². The van der Waals surface area contributed by atoms with Crippen LogP contribution in [-0.4, -0.2) is 63.3 Å². The predicted octanol–water partition coefficient (Wildman–Crippen LogP) is 1.63. The van der Waals surface area contributed by atoms with Crippen LogP contribution in [0.5, 0.6) is 11.5 Å². The van der Waals surface area contributed by atoms with Gasteiger partial charge in [0.1, 0.15) is 0 Å². The van der Waals surface area contributed by atoms with Crippen LogP contribution in [-0.2, 0) is 14.3 Å².